The van der Waals surface area contributed by atoms with Crippen molar-refractivity contribution in [1.82, 2.24) is 10.6 Å². The van der Waals surface area contributed by atoms with E-state index >= 15 is 0 Å². The van der Waals surface area contributed by atoms with Gasteiger partial charge in [-0.2, -0.15) is 0 Å². The Hall–Kier alpha value is -1.89. The van der Waals surface area contributed by atoms with Crippen LogP contribution in [-0.2, 0) is 14.3 Å². The maximum atomic E-state index is 11.8. The fourth-order valence-electron chi connectivity index (χ4n) is 1.61. The number of rotatable bonds is 7. The molecule has 7 heteroatoms. The third-order valence-corrected chi connectivity index (χ3v) is 3.28. The summed E-state index contributed by atoms with van der Waals surface area (Å²) in [5, 5.41) is 5.18. The lowest BCUT2D eigenvalue weighted by Crippen LogP contribution is -2.36. The maximum Gasteiger partial charge on any atom is 0.308 e. The molecule has 0 bridgehead atoms. The van der Waals surface area contributed by atoms with Gasteiger partial charge in [-0.15, -0.1) is 0 Å². The molecule has 0 radical (unpaired) electrons. The standard InChI is InChI=1S/C15H19BrN2O4/c1-3-17-14(20)10(2)22-13(19)8-9-18-15(21)11-4-6-12(16)7-5-11/h4-7,10H,3,8-9H2,1-2H3,(H,17,20)(H,18,21)/t10-/m1/s1. The summed E-state index contributed by atoms with van der Waals surface area (Å²) in [5.74, 6) is -1.14. The molecule has 0 aliphatic rings. The largest absolute Gasteiger partial charge is 0.452 e. The van der Waals surface area contributed by atoms with Crippen molar-refractivity contribution >= 4 is 33.7 Å². The first-order valence-electron chi connectivity index (χ1n) is 6.95. The predicted molar refractivity (Wildman–Crippen MR) is 85.3 cm³/mol. The van der Waals surface area contributed by atoms with Crippen molar-refractivity contribution in [2.24, 2.45) is 0 Å². The summed E-state index contributed by atoms with van der Waals surface area (Å²) in [5.41, 5.74) is 0.507. The van der Waals surface area contributed by atoms with E-state index in [0.29, 0.717) is 12.1 Å². The lowest BCUT2D eigenvalue weighted by molar-refractivity contribution is -0.154. The van der Waals surface area contributed by atoms with E-state index in [1.165, 1.54) is 6.92 Å². The Morgan fingerprint density at radius 1 is 1.18 bits per heavy atom. The van der Waals surface area contributed by atoms with Crippen molar-refractivity contribution in [3.8, 4) is 0 Å². The van der Waals surface area contributed by atoms with Crippen molar-refractivity contribution in [3.63, 3.8) is 0 Å². The molecule has 0 saturated heterocycles. The number of amides is 2. The van der Waals surface area contributed by atoms with Gasteiger partial charge < -0.3 is 15.4 Å². The molecular weight excluding hydrogens is 352 g/mol. The number of halogens is 1. The van der Waals surface area contributed by atoms with Crippen molar-refractivity contribution in [3.05, 3.63) is 34.3 Å². The fourth-order valence-corrected chi connectivity index (χ4v) is 1.87. The lowest BCUT2D eigenvalue weighted by atomic mass is 10.2. The number of carbonyl (C=O) groups excluding carboxylic acids is 3. The van der Waals surface area contributed by atoms with Crippen LogP contribution in [0, 0.1) is 0 Å². The van der Waals surface area contributed by atoms with Gasteiger partial charge in [0.1, 0.15) is 0 Å². The third-order valence-electron chi connectivity index (χ3n) is 2.75. The smallest absolute Gasteiger partial charge is 0.308 e. The molecule has 0 saturated carbocycles. The summed E-state index contributed by atoms with van der Waals surface area (Å²) in [4.78, 5) is 34.8. The van der Waals surface area contributed by atoms with E-state index in [-0.39, 0.29) is 24.8 Å². The van der Waals surface area contributed by atoms with E-state index in [0.717, 1.165) is 4.47 Å². The zero-order valence-corrected chi connectivity index (χ0v) is 14.1. The number of hydrogen-bond acceptors (Lipinski definition) is 4. The molecule has 1 atom stereocenters. The molecule has 0 aromatic heterocycles. The summed E-state index contributed by atoms with van der Waals surface area (Å²) >= 11 is 3.29. The van der Waals surface area contributed by atoms with Crippen LogP contribution in [0.4, 0.5) is 0 Å². The summed E-state index contributed by atoms with van der Waals surface area (Å²) in [6, 6.07) is 6.87. The Balaban J connectivity index is 2.31. The fraction of sp³-hybridized carbons (Fsp3) is 0.400. The van der Waals surface area contributed by atoms with E-state index in [1.54, 1.807) is 31.2 Å². The minimum Gasteiger partial charge on any atom is -0.452 e. The number of nitrogens with one attached hydrogen (secondary N) is 2. The van der Waals surface area contributed by atoms with Gasteiger partial charge in [-0.1, -0.05) is 15.9 Å². The highest BCUT2D eigenvalue weighted by Gasteiger charge is 2.16. The van der Waals surface area contributed by atoms with Crippen LogP contribution in [0.2, 0.25) is 0 Å². The van der Waals surface area contributed by atoms with E-state index in [4.69, 9.17) is 4.74 Å². The molecule has 0 unspecified atom stereocenters. The highest BCUT2D eigenvalue weighted by atomic mass is 79.9. The van der Waals surface area contributed by atoms with Crippen molar-refractivity contribution < 1.29 is 19.1 Å². The molecule has 6 nitrogen and oxygen atoms in total. The van der Waals surface area contributed by atoms with Crippen LogP contribution in [0.1, 0.15) is 30.6 Å². The first-order valence-corrected chi connectivity index (χ1v) is 7.74. The first-order chi connectivity index (χ1) is 10.4. The molecule has 120 valence electrons. The highest BCUT2D eigenvalue weighted by Crippen LogP contribution is 2.10. The summed E-state index contributed by atoms with van der Waals surface area (Å²) in [6.07, 6.45) is -0.832. The summed E-state index contributed by atoms with van der Waals surface area (Å²) in [7, 11) is 0. The molecule has 0 aliphatic heterocycles. The Morgan fingerprint density at radius 2 is 1.82 bits per heavy atom. The van der Waals surface area contributed by atoms with Crippen LogP contribution in [0.15, 0.2) is 28.7 Å². The Labute approximate surface area is 137 Å². The number of benzene rings is 1. The minimum absolute atomic E-state index is 0.00597. The van der Waals surface area contributed by atoms with E-state index in [9.17, 15) is 14.4 Å². The highest BCUT2D eigenvalue weighted by molar-refractivity contribution is 9.10. The van der Waals surface area contributed by atoms with Crippen LogP contribution in [0.3, 0.4) is 0 Å². The zero-order chi connectivity index (χ0) is 16.5. The number of hydrogen-bond donors (Lipinski definition) is 2. The van der Waals surface area contributed by atoms with Gasteiger partial charge in [-0.25, -0.2) is 0 Å². The molecule has 0 heterocycles. The summed E-state index contributed by atoms with van der Waals surface area (Å²) < 4.78 is 5.84. The average molecular weight is 371 g/mol. The number of esters is 1. The molecule has 0 aliphatic carbocycles. The predicted octanol–water partition coefficient (Wildman–Crippen LogP) is 1.64. The van der Waals surface area contributed by atoms with Gasteiger partial charge in [0.05, 0.1) is 6.42 Å². The minimum atomic E-state index is -0.838. The molecule has 2 N–H and O–H groups in total. The van der Waals surface area contributed by atoms with E-state index in [1.807, 2.05) is 0 Å². The van der Waals surface area contributed by atoms with Crippen LogP contribution in [0.5, 0.6) is 0 Å². The molecule has 1 aromatic rings. The maximum absolute atomic E-state index is 11.8. The Kier molecular flexibility index (Phi) is 7.59. The second-order valence-corrected chi connectivity index (χ2v) is 5.46. The molecule has 2 amide bonds. The van der Waals surface area contributed by atoms with Gasteiger partial charge in [0.2, 0.25) is 0 Å². The third kappa shape index (κ3) is 6.26. The topological polar surface area (TPSA) is 84.5 Å². The quantitative estimate of drug-likeness (QED) is 0.714. The van der Waals surface area contributed by atoms with Gasteiger partial charge in [-0.3, -0.25) is 14.4 Å². The van der Waals surface area contributed by atoms with Crippen molar-refractivity contribution in [1.29, 1.82) is 0 Å². The van der Waals surface area contributed by atoms with Gasteiger partial charge in [0.25, 0.3) is 11.8 Å². The van der Waals surface area contributed by atoms with Gasteiger partial charge in [0.15, 0.2) is 6.10 Å². The second kappa shape index (κ2) is 9.19. The van der Waals surface area contributed by atoms with Crippen LogP contribution < -0.4 is 10.6 Å². The molecule has 0 fully saturated rings. The monoisotopic (exact) mass is 370 g/mol. The van der Waals surface area contributed by atoms with Gasteiger partial charge in [-0.05, 0) is 38.1 Å². The number of likely N-dealkylation sites (N-methyl/N-ethyl adjacent to an activating group) is 1. The average Bonchev–Trinajstić information content (AvgIpc) is 2.47. The lowest BCUT2D eigenvalue weighted by Gasteiger charge is -2.12. The number of carbonyl (C=O) groups is 3. The second-order valence-electron chi connectivity index (χ2n) is 4.54. The molecule has 22 heavy (non-hydrogen) atoms. The van der Waals surface area contributed by atoms with Gasteiger partial charge >= 0.3 is 5.97 Å². The molecule has 1 aromatic carbocycles. The van der Waals surface area contributed by atoms with Crippen LogP contribution >= 0.6 is 15.9 Å². The zero-order valence-electron chi connectivity index (χ0n) is 12.5. The Morgan fingerprint density at radius 3 is 2.41 bits per heavy atom. The van der Waals surface area contributed by atoms with Gasteiger partial charge in [0, 0.05) is 23.1 Å². The van der Waals surface area contributed by atoms with E-state index in [2.05, 4.69) is 26.6 Å². The van der Waals surface area contributed by atoms with Crippen molar-refractivity contribution in [2.75, 3.05) is 13.1 Å². The molecule has 0 spiro atoms. The Bertz CT molecular complexity index is 531. The number of ether oxygens (including phenoxy) is 1. The molecular formula is C15H19BrN2O4. The normalized spacial score (nSPS) is 11.4. The van der Waals surface area contributed by atoms with E-state index < -0.39 is 12.1 Å². The van der Waals surface area contributed by atoms with Crippen LogP contribution in [0.25, 0.3) is 0 Å². The first kappa shape index (κ1) is 18.2. The van der Waals surface area contributed by atoms with Crippen LogP contribution in [-0.4, -0.2) is 37.0 Å². The van der Waals surface area contributed by atoms with Crippen molar-refractivity contribution in [2.45, 2.75) is 26.4 Å². The summed E-state index contributed by atoms with van der Waals surface area (Å²) in [6.45, 7) is 3.91. The molecule has 1 rings (SSSR count). The SMILES string of the molecule is CCNC(=O)[C@@H](C)OC(=O)CCNC(=O)c1ccc(Br)cc1.